The average molecular weight is 288 g/mol. The maximum Gasteiger partial charge on any atom is 0.191 e. The Kier molecular flexibility index (Phi) is 4.84. The van der Waals surface area contributed by atoms with E-state index in [9.17, 15) is 0 Å². The Labute approximate surface area is 124 Å². The second-order valence-electron chi connectivity index (χ2n) is 4.78. The van der Waals surface area contributed by atoms with Crippen LogP contribution in [0.4, 0.5) is 17.3 Å². The summed E-state index contributed by atoms with van der Waals surface area (Å²) in [6.07, 6.45) is 1.97. The van der Waals surface area contributed by atoms with Crippen LogP contribution in [0.25, 0.3) is 0 Å². The highest BCUT2D eigenvalue weighted by Crippen LogP contribution is 2.22. The molecular weight excluding hydrogens is 268 g/mol. The van der Waals surface area contributed by atoms with Crippen molar-refractivity contribution in [3.05, 3.63) is 35.9 Å². The molecule has 0 saturated carbocycles. The Bertz CT molecular complexity index is 544. The minimum atomic E-state index is 0.544. The van der Waals surface area contributed by atoms with Gasteiger partial charge in [-0.2, -0.15) is 0 Å². The van der Waals surface area contributed by atoms with Gasteiger partial charge in [0.25, 0.3) is 0 Å². The van der Waals surface area contributed by atoms with Crippen LogP contribution in [0.5, 0.6) is 0 Å². The molecule has 2 rings (SSSR count). The molecular formula is C15H20N4S. The lowest BCUT2D eigenvalue weighted by molar-refractivity contribution is 0.867. The predicted molar refractivity (Wildman–Crippen MR) is 87.2 cm³/mol. The van der Waals surface area contributed by atoms with E-state index in [0.29, 0.717) is 5.92 Å². The first kappa shape index (κ1) is 14.7. The fourth-order valence-electron chi connectivity index (χ4n) is 1.81. The molecule has 1 heterocycles. The van der Waals surface area contributed by atoms with Gasteiger partial charge in [0.1, 0.15) is 11.6 Å². The molecule has 0 aliphatic heterocycles. The van der Waals surface area contributed by atoms with Crippen molar-refractivity contribution in [1.82, 2.24) is 9.97 Å². The SMILES string of the molecule is CNc1cc(Nc2ccc(C(C)C)cc2)nc(SC)n1. The molecule has 5 heteroatoms. The highest BCUT2D eigenvalue weighted by Gasteiger charge is 2.04. The first-order chi connectivity index (χ1) is 9.62. The molecule has 1 aromatic carbocycles. The number of benzene rings is 1. The summed E-state index contributed by atoms with van der Waals surface area (Å²) in [6, 6.07) is 10.3. The Balaban J connectivity index is 2.20. The van der Waals surface area contributed by atoms with E-state index in [2.05, 4.69) is 58.7 Å². The van der Waals surface area contributed by atoms with Crippen molar-refractivity contribution in [3.63, 3.8) is 0 Å². The minimum absolute atomic E-state index is 0.544. The van der Waals surface area contributed by atoms with Crippen LogP contribution in [0, 0.1) is 0 Å². The smallest absolute Gasteiger partial charge is 0.191 e. The Morgan fingerprint density at radius 2 is 1.70 bits per heavy atom. The van der Waals surface area contributed by atoms with Gasteiger partial charge >= 0.3 is 0 Å². The summed E-state index contributed by atoms with van der Waals surface area (Å²) in [6.45, 7) is 4.38. The Morgan fingerprint density at radius 3 is 2.25 bits per heavy atom. The van der Waals surface area contributed by atoms with Gasteiger partial charge in [-0.3, -0.25) is 0 Å². The van der Waals surface area contributed by atoms with Gasteiger partial charge in [-0.25, -0.2) is 9.97 Å². The molecule has 106 valence electrons. The van der Waals surface area contributed by atoms with E-state index >= 15 is 0 Å². The molecule has 0 unspecified atom stereocenters. The number of rotatable bonds is 5. The number of nitrogens with one attached hydrogen (secondary N) is 2. The molecule has 0 amide bonds. The summed E-state index contributed by atoms with van der Waals surface area (Å²) in [5, 5.41) is 7.11. The normalized spacial score (nSPS) is 10.7. The maximum atomic E-state index is 4.45. The van der Waals surface area contributed by atoms with Gasteiger partial charge in [-0.15, -0.1) is 0 Å². The van der Waals surface area contributed by atoms with Crippen molar-refractivity contribution in [3.8, 4) is 0 Å². The molecule has 0 bridgehead atoms. The maximum absolute atomic E-state index is 4.45. The summed E-state index contributed by atoms with van der Waals surface area (Å²) in [5.74, 6) is 2.15. The molecule has 0 saturated heterocycles. The van der Waals surface area contributed by atoms with Crippen molar-refractivity contribution in [1.29, 1.82) is 0 Å². The first-order valence-corrected chi connectivity index (χ1v) is 7.82. The van der Waals surface area contributed by atoms with Gasteiger partial charge in [0, 0.05) is 18.8 Å². The third-order valence-corrected chi connectivity index (χ3v) is 3.54. The van der Waals surface area contributed by atoms with Crippen molar-refractivity contribution in [2.45, 2.75) is 24.9 Å². The highest BCUT2D eigenvalue weighted by atomic mass is 32.2. The molecule has 0 fully saturated rings. The number of aromatic nitrogens is 2. The zero-order valence-electron chi connectivity index (χ0n) is 12.3. The predicted octanol–water partition coefficient (Wildman–Crippen LogP) is 4.11. The Morgan fingerprint density at radius 1 is 1.05 bits per heavy atom. The van der Waals surface area contributed by atoms with E-state index in [4.69, 9.17) is 0 Å². The van der Waals surface area contributed by atoms with Crippen LogP contribution in [-0.4, -0.2) is 23.3 Å². The fourth-order valence-corrected chi connectivity index (χ4v) is 2.19. The van der Waals surface area contributed by atoms with E-state index in [1.807, 2.05) is 19.4 Å². The summed E-state index contributed by atoms with van der Waals surface area (Å²) in [7, 11) is 1.85. The fraction of sp³-hybridized carbons (Fsp3) is 0.333. The van der Waals surface area contributed by atoms with Crippen molar-refractivity contribution >= 4 is 29.1 Å². The lowest BCUT2D eigenvalue weighted by Gasteiger charge is -2.10. The van der Waals surface area contributed by atoms with Crippen molar-refractivity contribution < 1.29 is 0 Å². The van der Waals surface area contributed by atoms with Gasteiger partial charge in [-0.05, 0) is 29.9 Å². The molecule has 4 nitrogen and oxygen atoms in total. The standard InChI is InChI=1S/C15H20N4S/c1-10(2)11-5-7-12(8-6-11)17-14-9-13(16-3)18-15(19-14)20-4/h5-10H,1-4H3,(H2,16,17,18,19). The lowest BCUT2D eigenvalue weighted by atomic mass is 10.0. The zero-order chi connectivity index (χ0) is 14.5. The number of anilines is 3. The quantitative estimate of drug-likeness (QED) is 0.640. The summed E-state index contributed by atoms with van der Waals surface area (Å²) in [5.41, 5.74) is 2.36. The molecule has 1 aromatic heterocycles. The van der Waals surface area contributed by atoms with Crippen LogP contribution in [-0.2, 0) is 0 Å². The molecule has 20 heavy (non-hydrogen) atoms. The first-order valence-electron chi connectivity index (χ1n) is 6.60. The van der Waals surface area contributed by atoms with Gasteiger partial charge in [-0.1, -0.05) is 37.7 Å². The number of thioether (sulfide) groups is 1. The molecule has 0 radical (unpaired) electrons. The summed E-state index contributed by atoms with van der Waals surface area (Å²) in [4.78, 5) is 8.80. The molecule has 0 spiro atoms. The molecule has 2 N–H and O–H groups in total. The molecule has 2 aromatic rings. The summed E-state index contributed by atoms with van der Waals surface area (Å²) >= 11 is 1.53. The van der Waals surface area contributed by atoms with E-state index in [1.54, 1.807) is 0 Å². The van der Waals surface area contributed by atoms with Crippen LogP contribution in [0.1, 0.15) is 25.3 Å². The van der Waals surface area contributed by atoms with E-state index < -0.39 is 0 Å². The van der Waals surface area contributed by atoms with Crippen molar-refractivity contribution in [2.75, 3.05) is 23.9 Å². The highest BCUT2D eigenvalue weighted by molar-refractivity contribution is 7.98. The van der Waals surface area contributed by atoms with E-state index in [1.165, 1.54) is 17.3 Å². The van der Waals surface area contributed by atoms with Crippen LogP contribution in [0.3, 0.4) is 0 Å². The average Bonchev–Trinajstić information content (AvgIpc) is 2.47. The number of hydrogen-bond donors (Lipinski definition) is 2. The van der Waals surface area contributed by atoms with E-state index in [-0.39, 0.29) is 0 Å². The second kappa shape index (κ2) is 6.61. The van der Waals surface area contributed by atoms with Gasteiger partial charge in [0.2, 0.25) is 0 Å². The van der Waals surface area contributed by atoms with Crippen LogP contribution < -0.4 is 10.6 Å². The molecule has 0 aliphatic rings. The van der Waals surface area contributed by atoms with Gasteiger partial charge in [0.15, 0.2) is 5.16 Å². The lowest BCUT2D eigenvalue weighted by Crippen LogP contribution is -2.00. The second-order valence-corrected chi connectivity index (χ2v) is 5.55. The third-order valence-electron chi connectivity index (χ3n) is 2.99. The minimum Gasteiger partial charge on any atom is -0.373 e. The molecule has 0 aliphatic carbocycles. The third kappa shape index (κ3) is 3.63. The summed E-state index contributed by atoms with van der Waals surface area (Å²) < 4.78 is 0. The Hall–Kier alpha value is -1.75. The van der Waals surface area contributed by atoms with Crippen molar-refractivity contribution in [2.24, 2.45) is 0 Å². The number of hydrogen-bond acceptors (Lipinski definition) is 5. The van der Waals surface area contributed by atoms with Gasteiger partial charge < -0.3 is 10.6 Å². The van der Waals surface area contributed by atoms with Crippen LogP contribution in [0.2, 0.25) is 0 Å². The largest absolute Gasteiger partial charge is 0.373 e. The monoisotopic (exact) mass is 288 g/mol. The zero-order valence-corrected chi connectivity index (χ0v) is 13.1. The van der Waals surface area contributed by atoms with Gasteiger partial charge in [0.05, 0.1) is 0 Å². The van der Waals surface area contributed by atoms with Crippen LogP contribution >= 0.6 is 11.8 Å². The molecule has 0 atom stereocenters. The van der Waals surface area contributed by atoms with E-state index in [0.717, 1.165) is 22.5 Å². The number of nitrogens with zero attached hydrogens (tertiary/aromatic N) is 2. The topological polar surface area (TPSA) is 49.8 Å². The van der Waals surface area contributed by atoms with Crippen LogP contribution in [0.15, 0.2) is 35.5 Å².